The maximum Gasteiger partial charge on any atom is 0.410 e. The van der Waals surface area contributed by atoms with Gasteiger partial charge in [0.2, 0.25) is 5.91 Å². The van der Waals surface area contributed by atoms with E-state index in [1.165, 1.54) is 7.11 Å². The number of piperidine rings is 1. The van der Waals surface area contributed by atoms with E-state index >= 15 is 0 Å². The molecule has 1 fully saturated rings. The number of aliphatic carboxylic acids is 1. The molecule has 0 aliphatic carbocycles. The maximum absolute atomic E-state index is 12.2. The van der Waals surface area contributed by atoms with Crippen LogP contribution in [-0.2, 0) is 19.1 Å². The third kappa shape index (κ3) is 7.19. The van der Waals surface area contributed by atoms with Gasteiger partial charge in [0.25, 0.3) is 0 Å². The summed E-state index contributed by atoms with van der Waals surface area (Å²) in [5.41, 5.74) is -0.568. The van der Waals surface area contributed by atoms with Crippen LogP contribution in [0.3, 0.4) is 0 Å². The van der Waals surface area contributed by atoms with E-state index in [4.69, 9.17) is 9.47 Å². The number of methoxy groups -OCH3 is 1. The van der Waals surface area contributed by atoms with Crippen molar-refractivity contribution < 1.29 is 29.0 Å². The van der Waals surface area contributed by atoms with Crippen LogP contribution in [0.2, 0.25) is 0 Å². The van der Waals surface area contributed by atoms with E-state index in [1.54, 1.807) is 4.90 Å². The summed E-state index contributed by atoms with van der Waals surface area (Å²) in [6.45, 7) is 8.94. The molecule has 1 aliphatic rings. The van der Waals surface area contributed by atoms with Crippen LogP contribution in [0.15, 0.2) is 0 Å². The van der Waals surface area contributed by atoms with Crippen molar-refractivity contribution in [1.29, 1.82) is 0 Å². The zero-order valence-corrected chi connectivity index (χ0v) is 16.4. The average Bonchev–Trinajstić information content (AvgIpc) is 2.51. The number of hydrogen-bond acceptors (Lipinski definition) is 5. The molecule has 0 bridgehead atoms. The Morgan fingerprint density at radius 1 is 1.31 bits per heavy atom. The zero-order chi connectivity index (χ0) is 19.9. The molecule has 0 aromatic rings. The molecule has 8 nitrogen and oxygen atoms in total. The van der Waals surface area contributed by atoms with E-state index in [0.717, 1.165) is 0 Å². The zero-order valence-electron chi connectivity index (χ0n) is 16.4. The molecule has 26 heavy (non-hydrogen) atoms. The van der Waals surface area contributed by atoms with Gasteiger partial charge in [0.15, 0.2) is 0 Å². The van der Waals surface area contributed by atoms with Gasteiger partial charge >= 0.3 is 12.1 Å². The molecule has 0 radical (unpaired) electrons. The highest BCUT2D eigenvalue weighted by atomic mass is 16.6. The van der Waals surface area contributed by atoms with E-state index in [0.29, 0.717) is 32.7 Å². The highest BCUT2D eigenvalue weighted by Gasteiger charge is 2.39. The highest BCUT2D eigenvalue weighted by Crippen LogP contribution is 2.32. The summed E-state index contributed by atoms with van der Waals surface area (Å²) in [6.07, 6.45) is 0.0791. The van der Waals surface area contributed by atoms with E-state index in [1.807, 2.05) is 27.7 Å². The predicted molar refractivity (Wildman–Crippen MR) is 95.7 cm³/mol. The van der Waals surface area contributed by atoms with Gasteiger partial charge in [0, 0.05) is 33.2 Å². The van der Waals surface area contributed by atoms with Crippen LogP contribution in [0.4, 0.5) is 4.79 Å². The van der Waals surface area contributed by atoms with Gasteiger partial charge in [-0.05, 0) is 39.0 Å². The molecule has 0 aromatic heterocycles. The fourth-order valence-electron chi connectivity index (χ4n) is 3.24. The first kappa shape index (κ1) is 22.2. The molecule has 3 unspecified atom stereocenters. The molecule has 0 aromatic carbocycles. The number of hydrogen-bond donors (Lipinski definition) is 2. The number of amides is 2. The lowest BCUT2D eigenvalue weighted by Gasteiger charge is -2.39. The molecule has 1 aliphatic heterocycles. The van der Waals surface area contributed by atoms with Crippen LogP contribution in [0.25, 0.3) is 0 Å². The Morgan fingerprint density at radius 2 is 1.96 bits per heavy atom. The van der Waals surface area contributed by atoms with Gasteiger partial charge in [0.1, 0.15) is 5.60 Å². The molecule has 150 valence electrons. The molecule has 1 saturated heterocycles. The van der Waals surface area contributed by atoms with Crippen LogP contribution in [0.5, 0.6) is 0 Å². The molecule has 1 rings (SSSR count). The second kappa shape index (κ2) is 9.75. The summed E-state index contributed by atoms with van der Waals surface area (Å²) in [4.78, 5) is 37.5. The number of carbonyl (C=O) groups excluding carboxylic acids is 2. The number of rotatable bonds is 7. The first-order valence-corrected chi connectivity index (χ1v) is 9.01. The molecule has 2 N–H and O–H groups in total. The fourth-order valence-corrected chi connectivity index (χ4v) is 3.24. The Balaban J connectivity index is 2.65. The lowest BCUT2D eigenvalue weighted by Crippen LogP contribution is -2.48. The van der Waals surface area contributed by atoms with Gasteiger partial charge in [-0.1, -0.05) is 6.92 Å². The minimum atomic E-state index is -0.977. The van der Waals surface area contributed by atoms with E-state index < -0.39 is 17.5 Å². The second-order valence-corrected chi connectivity index (χ2v) is 7.85. The van der Waals surface area contributed by atoms with Crippen molar-refractivity contribution in [2.45, 2.75) is 46.1 Å². The maximum atomic E-state index is 12.2. The Morgan fingerprint density at radius 3 is 2.46 bits per heavy atom. The largest absolute Gasteiger partial charge is 0.481 e. The Bertz CT molecular complexity index is 502. The second-order valence-electron chi connectivity index (χ2n) is 7.85. The van der Waals surface area contributed by atoms with E-state index in [9.17, 15) is 19.5 Å². The predicted octanol–water partition coefficient (Wildman–Crippen LogP) is 1.73. The van der Waals surface area contributed by atoms with Crippen LogP contribution in [-0.4, -0.2) is 66.9 Å². The highest BCUT2D eigenvalue weighted by molar-refractivity contribution is 5.82. The van der Waals surface area contributed by atoms with Gasteiger partial charge < -0.3 is 24.8 Å². The molecule has 0 saturated carbocycles. The smallest absolute Gasteiger partial charge is 0.410 e. The summed E-state index contributed by atoms with van der Waals surface area (Å²) >= 11 is 0. The van der Waals surface area contributed by atoms with Crippen molar-refractivity contribution in [2.75, 3.05) is 33.4 Å². The number of carboxylic acids is 1. The summed E-state index contributed by atoms with van der Waals surface area (Å²) in [5, 5.41) is 12.2. The van der Waals surface area contributed by atoms with Crippen LogP contribution >= 0.6 is 0 Å². The number of carbonyl (C=O) groups is 3. The minimum Gasteiger partial charge on any atom is -0.481 e. The van der Waals surface area contributed by atoms with Crippen LogP contribution in [0, 0.1) is 17.8 Å². The van der Waals surface area contributed by atoms with Gasteiger partial charge in [0.05, 0.1) is 12.5 Å². The van der Waals surface area contributed by atoms with Crippen molar-refractivity contribution in [1.82, 2.24) is 10.2 Å². The standard InChI is InChI=1S/C18H32N2O6/c1-12-11-20(17(24)26-18(2,3)4)8-6-13(12)14(16(22)23)10-15(21)19-7-9-25-5/h12-14H,6-11H2,1-5H3,(H,19,21)(H,22,23). The van der Waals surface area contributed by atoms with Gasteiger partial charge in [-0.25, -0.2) is 4.79 Å². The Hall–Kier alpha value is -1.83. The first-order valence-electron chi connectivity index (χ1n) is 9.01. The summed E-state index contributed by atoms with van der Waals surface area (Å²) in [5.74, 6) is -2.25. The Kier molecular flexibility index (Phi) is 8.33. The number of likely N-dealkylation sites (tertiary alicyclic amines) is 1. The number of nitrogens with one attached hydrogen (secondary N) is 1. The van der Waals surface area contributed by atoms with Gasteiger partial charge in [-0.15, -0.1) is 0 Å². The Labute approximate surface area is 155 Å². The topological polar surface area (TPSA) is 105 Å². The van der Waals surface area contributed by atoms with Crippen molar-refractivity contribution in [3.63, 3.8) is 0 Å². The summed E-state index contributed by atoms with van der Waals surface area (Å²) in [6, 6.07) is 0. The lowest BCUT2D eigenvalue weighted by molar-refractivity contribution is -0.148. The van der Waals surface area contributed by atoms with Crippen molar-refractivity contribution >= 4 is 18.0 Å². The molecular weight excluding hydrogens is 340 g/mol. The van der Waals surface area contributed by atoms with Crippen molar-refractivity contribution in [3.05, 3.63) is 0 Å². The quantitative estimate of drug-likeness (QED) is 0.660. The molecule has 8 heteroatoms. The molecule has 1 heterocycles. The SMILES string of the molecule is COCCNC(=O)CC(C(=O)O)C1CCN(C(=O)OC(C)(C)C)CC1C. The number of nitrogens with zero attached hydrogens (tertiary/aromatic N) is 1. The normalized spacial score (nSPS) is 21.8. The molecule has 0 spiro atoms. The number of carboxylic acid groups (broad SMARTS) is 1. The monoisotopic (exact) mass is 372 g/mol. The first-order chi connectivity index (χ1) is 12.0. The number of ether oxygens (including phenoxy) is 2. The molecule has 2 amide bonds. The van der Waals surface area contributed by atoms with E-state index in [2.05, 4.69) is 5.32 Å². The van der Waals surface area contributed by atoms with Gasteiger partial charge in [-0.2, -0.15) is 0 Å². The van der Waals surface area contributed by atoms with Crippen molar-refractivity contribution in [2.24, 2.45) is 17.8 Å². The lowest BCUT2D eigenvalue weighted by atomic mass is 9.76. The van der Waals surface area contributed by atoms with E-state index in [-0.39, 0.29) is 30.3 Å². The molecular formula is C18H32N2O6. The van der Waals surface area contributed by atoms with Gasteiger partial charge in [-0.3, -0.25) is 9.59 Å². The van der Waals surface area contributed by atoms with Crippen LogP contribution < -0.4 is 5.32 Å². The minimum absolute atomic E-state index is 0.0378. The van der Waals surface area contributed by atoms with Crippen LogP contribution in [0.1, 0.15) is 40.5 Å². The third-order valence-electron chi connectivity index (χ3n) is 4.49. The third-order valence-corrected chi connectivity index (χ3v) is 4.49. The molecule has 3 atom stereocenters. The fraction of sp³-hybridized carbons (Fsp3) is 0.833. The summed E-state index contributed by atoms with van der Waals surface area (Å²) < 4.78 is 10.2. The van der Waals surface area contributed by atoms with Crippen molar-refractivity contribution in [3.8, 4) is 0 Å². The summed E-state index contributed by atoms with van der Waals surface area (Å²) in [7, 11) is 1.53. The average molecular weight is 372 g/mol.